The number of carbonyl (C=O) groups is 1. The van der Waals surface area contributed by atoms with Crippen molar-refractivity contribution in [3.8, 4) is 11.5 Å². The van der Waals surface area contributed by atoms with Crippen molar-refractivity contribution in [2.24, 2.45) is 0 Å². The smallest absolute Gasteiger partial charge is 0.187 e. The number of aromatic hydroxyl groups is 2. The van der Waals surface area contributed by atoms with Crippen molar-refractivity contribution in [2.45, 2.75) is 6.54 Å². The van der Waals surface area contributed by atoms with Crippen molar-refractivity contribution >= 4 is 5.78 Å². The highest BCUT2D eigenvalue weighted by atomic mass is 16.5. The predicted molar refractivity (Wildman–Crippen MR) is 68.5 cm³/mol. The number of carbonyl (C=O) groups excluding carboxylic acids is 1. The molecule has 0 unspecified atom stereocenters. The molecule has 0 spiro atoms. The van der Waals surface area contributed by atoms with Crippen molar-refractivity contribution < 1.29 is 20.2 Å². The quantitative estimate of drug-likeness (QED) is 0.438. The van der Waals surface area contributed by atoms with Crippen molar-refractivity contribution in [3.05, 3.63) is 59.8 Å². The van der Waals surface area contributed by atoms with Crippen LogP contribution in [-0.4, -0.2) is 26.3 Å². The molecule has 1 aliphatic rings. The Bertz CT molecular complexity index is 587. The van der Waals surface area contributed by atoms with Crippen molar-refractivity contribution in [2.75, 3.05) is 0 Å². The van der Waals surface area contributed by atoms with Gasteiger partial charge in [-0.3, -0.25) is 15.1 Å². The first-order chi connectivity index (χ1) is 9.06. The van der Waals surface area contributed by atoms with Crippen LogP contribution >= 0.6 is 0 Å². The summed E-state index contributed by atoms with van der Waals surface area (Å²) in [5, 5.41) is 29.1. The number of allylic oxidation sites excluding steroid dienone is 5. The number of hydrogen-bond donors (Lipinski definition) is 3. The summed E-state index contributed by atoms with van der Waals surface area (Å²) in [6.45, 7) is 0.0855. The summed E-state index contributed by atoms with van der Waals surface area (Å²) in [4.78, 5) is 11.5. The standard InChI is InChI=1S/C14H13NO4/c16-12-4-2-1-3-11(12)9-15(19)8-10-5-6-13(17)14(18)7-10/h1-7,9,17-19H,8H2. The van der Waals surface area contributed by atoms with E-state index in [1.807, 2.05) is 0 Å². The molecule has 2 rings (SSSR count). The summed E-state index contributed by atoms with van der Waals surface area (Å²) in [6.07, 6.45) is 7.64. The maximum atomic E-state index is 11.5. The number of hydrogen-bond acceptors (Lipinski definition) is 5. The van der Waals surface area contributed by atoms with Crippen LogP contribution < -0.4 is 0 Å². The average molecular weight is 259 g/mol. The van der Waals surface area contributed by atoms with E-state index in [1.54, 1.807) is 24.3 Å². The Kier molecular flexibility index (Phi) is 3.68. The van der Waals surface area contributed by atoms with Gasteiger partial charge in [-0.1, -0.05) is 18.2 Å². The molecule has 0 heterocycles. The van der Waals surface area contributed by atoms with Crippen LogP contribution in [0.15, 0.2) is 54.3 Å². The summed E-state index contributed by atoms with van der Waals surface area (Å²) in [6, 6.07) is 4.24. The highest BCUT2D eigenvalue weighted by molar-refractivity contribution is 6.07. The zero-order valence-corrected chi connectivity index (χ0v) is 10.0. The second-order valence-corrected chi connectivity index (χ2v) is 4.09. The van der Waals surface area contributed by atoms with E-state index in [0.717, 1.165) is 5.06 Å². The second-order valence-electron chi connectivity index (χ2n) is 4.09. The molecule has 0 atom stereocenters. The molecule has 1 aromatic carbocycles. The Hall–Kier alpha value is -2.53. The lowest BCUT2D eigenvalue weighted by atomic mass is 10.1. The third-order valence-corrected chi connectivity index (χ3v) is 2.59. The van der Waals surface area contributed by atoms with Gasteiger partial charge in [0.1, 0.15) is 0 Å². The van der Waals surface area contributed by atoms with Crippen LogP contribution in [0.5, 0.6) is 11.5 Å². The van der Waals surface area contributed by atoms with Gasteiger partial charge >= 0.3 is 0 Å². The SMILES string of the molecule is O=C1C=CC=CC1=CN(O)Cc1ccc(O)c(O)c1. The minimum absolute atomic E-state index is 0.0855. The Labute approximate surface area is 110 Å². The molecular weight excluding hydrogens is 246 g/mol. The van der Waals surface area contributed by atoms with Crippen LogP contribution in [-0.2, 0) is 11.3 Å². The number of phenolic OH excluding ortho intramolecular Hbond substituents is 2. The zero-order chi connectivity index (χ0) is 13.8. The highest BCUT2D eigenvalue weighted by Gasteiger charge is 2.08. The monoisotopic (exact) mass is 259 g/mol. The average Bonchev–Trinajstić information content (AvgIpc) is 2.37. The molecule has 0 aliphatic heterocycles. The van der Waals surface area contributed by atoms with Gasteiger partial charge in [-0.25, -0.2) is 0 Å². The second kappa shape index (κ2) is 5.41. The van der Waals surface area contributed by atoms with Crippen molar-refractivity contribution in [1.29, 1.82) is 0 Å². The third kappa shape index (κ3) is 3.23. The van der Waals surface area contributed by atoms with Gasteiger partial charge in [0.15, 0.2) is 17.3 Å². The summed E-state index contributed by atoms with van der Waals surface area (Å²) in [5.74, 6) is -0.660. The van der Waals surface area contributed by atoms with Gasteiger partial charge in [-0.2, -0.15) is 0 Å². The normalized spacial score (nSPS) is 16.1. The van der Waals surface area contributed by atoms with Gasteiger partial charge in [-0.15, -0.1) is 0 Å². The molecule has 0 saturated heterocycles. The molecule has 1 aliphatic carbocycles. The number of benzene rings is 1. The first kappa shape index (κ1) is 12.9. The van der Waals surface area contributed by atoms with E-state index in [-0.39, 0.29) is 23.8 Å². The van der Waals surface area contributed by atoms with E-state index >= 15 is 0 Å². The van der Waals surface area contributed by atoms with Crippen LogP contribution in [0.3, 0.4) is 0 Å². The largest absolute Gasteiger partial charge is 0.504 e. The van der Waals surface area contributed by atoms with Gasteiger partial charge in [0.05, 0.1) is 6.54 Å². The Balaban J connectivity index is 2.09. The topological polar surface area (TPSA) is 81.0 Å². The number of phenols is 2. The highest BCUT2D eigenvalue weighted by Crippen LogP contribution is 2.25. The Morgan fingerprint density at radius 3 is 2.53 bits per heavy atom. The van der Waals surface area contributed by atoms with E-state index in [1.165, 1.54) is 24.4 Å². The van der Waals surface area contributed by atoms with E-state index in [9.17, 15) is 20.2 Å². The first-order valence-electron chi connectivity index (χ1n) is 5.63. The lowest BCUT2D eigenvalue weighted by Crippen LogP contribution is -2.14. The fourth-order valence-corrected chi connectivity index (χ4v) is 1.65. The minimum atomic E-state index is -0.255. The fourth-order valence-electron chi connectivity index (χ4n) is 1.65. The van der Waals surface area contributed by atoms with Crippen LogP contribution in [0.4, 0.5) is 0 Å². The molecule has 1 aromatic rings. The molecule has 0 aromatic heterocycles. The summed E-state index contributed by atoms with van der Waals surface area (Å²) < 4.78 is 0. The van der Waals surface area contributed by atoms with Crippen LogP contribution in [0, 0.1) is 0 Å². The molecule has 0 saturated carbocycles. The molecular formula is C14H13NO4. The van der Waals surface area contributed by atoms with Crippen molar-refractivity contribution in [3.63, 3.8) is 0 Å². The lowest BCUT2D eigenvalue weighted by Gasteiger charge is -2.14. The molecule has 0 fully saturated rings. The molecule has 0 radical (unpaired) electrons. The number of rotatable bonds is 3. The van der Waals surface area contributed by atoms with Crippen molar-refractivity contribution in [1.82, 2.24) is 5.06 Å². The third-order valence-electron chi connectivity index (χ3n) is 2.59. The van der Waals surface area contributed by atoms with Gasteiger partial charge in [0.25, 0.3) is 0 Å². The molecule has 5 nitrogen and oxygen atoms in total. The van der Waals surface area contributed by atoms with E-state index < -0.39 is 0 Å². The maximum Gasteiger partial charge on any atom is 0.187 e. The van der Waals surface area contributed by atoms with E-state index in [4.69, 9.17) is 0 Å². The molecule has 0 bridgehead atoms. The van der Waals surface area contributed by atoms with E-state index in [0.29, 0.717) is 11.1 Å². The number of nitrogens with zero attached hydrogens (tertiary/aromatic N) is 1. The van der Waals surface area contributed by atoms with Gasteiger partial charge in [0.2, 0.25) is 0 Å². The van der Waals surface area contributed by atoms with Gasteiger partial charge < -0.3 is 10.2 Å². The predicted octanol–water partition coefficient (Wildman–Crippen LogP) is 1.87. The Morgan fingerprint density at radius 2 is 1.84 bits per heavy atom. The lowest BCUT2D eigenvalue weighted by molar-refractivity contribution is -0.111. The number of hydroxylamine groups is 2. The maximum absolute atomic E-state index is 11.5. The van der Waals surface area contributed by atoms with E-state index in [2.05, 4.69) is 0 Å². The summed E-state index contributed by atoms with van der Waals surface area (Å²) in [5.41, 5.74) is 0.963. The summed E-state index contributed by atoms with van der Waals surface area (Å²) in [7, 11) is 0. The van der Waals surface area contributed by atoms with Crippen LogP contribution in [0.25, 0.3) is 0 Å². The molecule has 3 N–H and O–H groups in total. The molecule has 5 heteroatoms. The molecule has 19 heavy (non-hydrogen) atoms. The fraction of sp³-hybridized carbons (Fsp3) is 0.0714. The van der Waals surface area contributed by atoms with Gasteiger partial charge in [-0.05, 0) is 29.8 Å². The van der Waals surface area contributed by atoms with Gasteiger partial charge in [0, 0.05) is 11.8 Å². The van der Waals surface area contributed by atoms with Crippen LogP contribution in [0.1, 0.15) is 5.56 Å². The summed E-state index contributed by atoms with van der Waals surface area (Å²) >= 11 is 0. The Morgan fingerprint density at radius 1 is 1.11 bits per heavy atom. The first-order valence-corrected chi connectivity index (χ1v) is 5.63. The molecule has 0 amide bonds. The zero-order valence-electron chi connectivity index (χ0n) is 10.0. The minimum Gasteiger partial charge on any atom is -0.504 e. The number of ketones is 1. The van der Waals surface area contributed by atoms with Crippen LogP contribution in [0.2, 0.25) is 0 Å². The molecule has 98 valence electrons.